The van der Waals surface area contributed by atoms with Crippen molar-refractivity contribution >= 4 is 45.4 Å². The molecule has 3 heterocycles. The molecule has 31 heavy (non-hydrogen) atoms. The molecule has 1 atom stereocenters. The number of aromatic nitrogens is 1. The van der Waals surface area contributed by atoms with Crippen molar-refractivity contribution in [3.05, 3.63) is 33.7 Å². The fourth-order valence-electron chi connectivity index (χ4n) is 4.49. The summed E-state index contributed by atoms with van der Waals surface area (Å²) < 4.78 is 6.49. The van der Waals surface area contributed by atoms with Crippen LogP contribution in [0.4, 0.5) is 5.69 Å². The summed E-state index contributed by atoms with van der Waals surface area (Å²) in [6.07, 6.45) is 1.96. The van der Waals surface area contributed by atoms with E-state index in [4.69, 9.17) is 0 Å². The number of hydrogen-bond donors (Lipinski definition) is 1. The lowest BCUT2D eigenvalue weighted by atomic mass is 9.81. The van der Waals surface area contributed by atoms with E-state index >= 15 is 0 Å². The molecule has 0 aliphatic carbocycles. The van der Waals surface area contributed by atoms with Gasteiger partial charge in [0.1, 0.15) is 0 Å². The number of azo groups is 1. The third-order valence-corrected chi connectivity index (χ3v) is 6.84. The second-order valence-electron chi connectivity index (χ2n) is 8.59. The molecule has 0 saturated carbocycles. The number of aryl methyl sites for hydroxylation is 2. The molecule has 0 fully saturated rings. The van der Waals surface area contributed by atoms with E-state index in [1.54, 1.807) is 0 Å². The Balaban J connectivity index is 1.84. The third-order valence-electron chi connectivity index (χ3n) is 5.97. The van der Waals surface area contributed by atoms with Crippen LogP contribution in [0.25, 0.3) is 10.9 Å². The van der Waals surface area contributed by atoms with Gasteiger partial charge < -0.3 is 14.4 Å². The van der Waals surface area contributed by atoms with Gasteiger partial charge in [-0.2, -0.15) is 4.99 Å². The minimum absolute atomic E-state index is 0.0471. The second kappa shape index (κ2) is 7.33. The fraction of sp³-hybridized carbons (Fsp3) is 0.409. The van der Waals surface area contributed by atoms with E-state index in [9.17, 15) is 14.7 Å². The molecule has 0 saturated heterocycles. The number of benzene rings is 1. The SMILES string of the molecule is COC(=O)C=C1SC(N=Nc2c(O)n3c4c(cc(C)c(C)c24)C(C)CC3(C)C)=NC1=O. The van der Waals surface area contributed by atoms with Crippen molar-refractivity contribution in [3.63, 3.8) is 0 Å². The number of rotatable bonds is 2. The van der Waals surface area contributed by atoms with Crippen LogP contribution >= 0.6 is 11.8 Å². The molecule has 1 unspecified atom stereocenters. The van der Waals surface area contributed by atoms with Gasteiger partial charge in [-0.25, -0.2) is 4.79 Å². The van der Waals surface area contributed by atoms with Gasteiger partial charge >= 0.3 is 5.97 Å². The van der Waals surface area contributed by atoms with Gasteiger partial charge in [0.2, 0.25) is 11.0 Å². The molecular weight excluding hydrogens is 416 g/mol. The minimum atomic E-state index is -0.640. The first-order valence-electron chi connectivity index (χ1n) is 9.95. The third kappa shape index (κ3) is 3.37. The molecule has 0 spiro atoms. The van der Waals surface area contributed by atoms with Gasteiger partial charge in [-0.1, -0.05) is 13.0 Å². The van der Waals surface area contributed by atoms with E-state index in [0.29, 0.717) is 11.6 Å². The van der Waals surface area contributed by atoms with Gasteiger partial charge in [0.15, 0.2) is 5.69 Å². The van der Waals surface area contributed by atoms with Crippen LogP contribution in [0.2, 0.25) is 0 Å². The molecule has 2 aromatic rings. The maximum atomic E-state index is 12.0. The first kappa shape index (κ1) is 21.3. The van der Waals surface area contributed by atoms with Crippen LogP contribution in [0.3, 0.4) is 0 Å². The van der Waals surface area contributed by atoms with E-state index in [-0.39, 0.29) is 21.5 Å². The van der Waals surface area contributed by atoms with Gasteiger partial charge in [-0.3, -0.25) is 4.79 Å². The summed E-state index contributed by atoms with van der Waals surface area (Å²) in [5, 5.41) is 20.6. The molecule has 0 bridgehead atoms. The van der Waals surface area contributed by atoms with E-state index in [1.165, 1.54) is 12.7 Å². The maximum Gasteiger partial charge on any atom is 0.331 e. The van der Waals surface area contributed by atoms with E-state index in [1.807, 2.05) is 18.4 Å². The standard InChI is InChI=1S/C22H24N4O4S/c1-10-7-13-11(2)9-22(4,5)26-18(13)16(12(10)3)17(20(26)29)24-25-21-23-19(28)14(31-21)8-15(27)30-6/h7-8,11,29H,9H2,1-6H3. The summed E-state index contributed by atoms with van der Waals surface area (Å²) >= 11 is 0.940. The summed E-state index contributed by atoms with van der Waals surface area (Å²) in [6, 6.07) is 2.19. The van der Waals surface area contributed by atoms with Gasteiger partial charge in [-0.15, -0.1) is 10.2 Å². The van der Waals surface area contributed by atoms with Crippen molar-refractivity contribution in [2.24, 2.45) is 15.2 Å². The molecule has 2 aliphatic heterocycles. The highest BCUT2D eigenvalue weighted by Gasteiger charge is 2.37. The first-order valence-corrected chi connectivity index (χ1v) is 10.8. The van der Waals surface area contributed by atoms with Crippen LogP contribution in [0.5, 0.6) is 5.88 Å². The highest BCUT2D eigenvalue weighted by Crippen LogP contribution is 2.52. The lowest BCUT2D eigenvalue weighted by Crippen LogP contribution is -2.31. The average molecular weight is 441 g/mol. The van der Waals surface area contributed by atoms with Crippen LogP contribution < -0.4 is 0 Å². The van der Waals surface area contributed by atoms with Crippen LogP contribution in [0.1, 0.15) is 49.8 Å². The molecule has 2 aliphatic rings. The van der Waals surface area contributed by atoms with Crippen LogP contribution in [-0.4, -0.2) is 33.8 Å². The van der Waals surface area contributed by atoms with Crippen molar-refractivity contribution in [1.82, 2.24) is 4.57 Å². The molecule has 1 N–H and O–H groups in total. The quantitative estimate of drug-likeness (QED) is 0.403. The zero-order chi connectivity index (χ0) is 22.7. The minimum Gasteiger partial charge on any atom is -0.493 e. The van der Waals surface area contributed by atoms with Crippen molar-refractivity contribution in [1.29, 1.82) is 0 Å². The molecule has 9 heteroatoms. The normalized spacial score (nSPS) is 21.4. The highest BCUT2D eigenvalue weighted by molar-refractivity contribution is 8.18. The maximum absolute atomic E-state index is 12.0. The predicted octanol–water partition coefficient (Wildman–Crippen LogP) is 4.98. The Labute approximate surface area is 184 Å². The smallest absolute Gasteiger partial charge is 0.331 e. The molecular formula is C22H24N4O4S. The highest BCUT2D eigenvalue weighted by atomic mass is 32.2. The second-order valence-corrected chi connectivity index (χ2v) is 9.60. The van der Waals surface area contributed by atoms with E-state index in [2.05, 4.69) is 46.8 Å². The number of nitrogens with zero attached hydrogens (tertiary/aromatic N) is 4. The number of carbonyl (C=O) groups is 2. The van der Waals surface area contributed by atoms with Crippen LogP contribution in [0, 0.1) is 13.8 Å². The van der Waals surface area contributed by atoms with Gasteiger partial charge in [0.25, 0.3) is 5.91 Å². The summed E-state index contributed by atoms with van der Waals surface area (Å²) in [6.45, 7) is 10.5. The number of amidine groups is 1. The summed E-state index contributed by atoms with van der Waals surface area (Å²) in [7, 11) is 1.23. The number of thioether (sulfide) groups is 1. The summed E-state index contributed by atoms with van der Waals surface area (Å²) in [5.41, 5.74) is 4.36. The predicted molar refractivity (Wildman–Crippen MR) is 120 cm³/mol. The van der Waals surface area contributed by atoms with Crippen molar-refractivity contribution in [2.75, 3.05) is 7.11 Å². The Morgan fingerprint density at radius 2 is 2.10 bits per heavy atom. The molecule has 1 aromatic carbocycles. The van der Waals surface area contributed by atoms with E-state index in [0.717, 1.165) is 46.3 Å². The number of carbonyl (C=O) groups excluding carboxylic acids is 2. The molecule has 4 rings (SSSR count). The van der Waals surface area contributed by atoms with Crippen molar-refractivity contribution < 1.29 is 19.4 Å². The average Bonchev–Trinajstić information content (AvgIpc) is 3.19. The fourth-order valence-corrected chi connectivity index (χ4v) is 5.19. The molecule has 1 aromatic heterocycles. The number of esters is 1. The molecule has 1 amide bonds. The summed E-state index contributed by atoms with van der Waals surface area (Å²) in [4.78, 5) is 27.4. The van der Waals surface area contributed by atoms with Crippen molar-refractivity contribution in [3.8, 4) is 5.88 Å². The summed E-state index contributed by atoms with van der Waals surface area (Å²) in [5.74, 6) is -0.829. The Bertz CT molecular complexity index is 1240. The zero-order valence-electron chi connectivity index (χ0n) is 18.3. The Morgan fingerprint density at radius 3 is 2.77 bits per heavy atom. The lowest BCUT2D eigenvalue weighted by Gasteiger charge is -2.37. The van der Waals surface area contributed by atoms with E-state index < -0.39 is 11.9 Å². The monoisotopic (exact) mass is 440 g/mol. The van der Waals surface area contributed by atoms with Crippen molar-refractivity contribution in [2.45, 2.75) is 52.5 Å². The molecule has 8 nitrogen and oxygen atoms in total. The number of ether oxygens (including phenoxy) is 1. The molecule has 162 valence electrons. The number of hydrogen-bond acceptors (Lipinski definition) is 7. The molecule has 0 radical (unpaired) electrons. The Morgan fingerprint density at radius 1 is 1.39 bits per heavy atom. The number of aromatic hydroxyl groups is 1. The number of amides is 1. The topological polar surface area (TPSA) is 106 Å². The number of methoxy groups -OCH3 is 1. The Hall–Kier alpha value is -2.94. The largest absolute Gasteiger partial charge is 0.493 e. The van der Waals surface area contributed by atoms with Gasteiger partial charge in [0.05, 0.1) is 17.5 Å². The first-order chi connectivity index (χ1) is 14.5. The van der Waals surface area contributed by atoms with Crippen LogP contribution in [0.15, 0.2) is 32.3 Å². The van der Waals surface area contributed by atoms with Gasteiger partial charge in [0, 0.05) is 17.0 Å². The lowest BCUT2D eigenvalue weighted by molar-refractivity contribution is -0.135. The van der Waals surface area contributed by atoms with Crippen LogP contribution in [-0.2, 0) is 19.9 Å². The number of aliphatic imine (C=N–C) groups is 1. The van der Waals surface area contributed by atoms with Gasteiger partial charge in [-0.05, 0) is 68.5 Å². The Kier molecular flexibility index (Phi) is 5.04. The zero-order valence-corrected chi connectivity index (χ0v) is 19.1.